The van der Waals surface area contributed by atoms with Gasteiger partial charge in [0.1, 0.15) is 0 Å². The maximum atomic E-state index is 12.2. The van der Waals surface area contributed by atoms with E-state index in [1.807, 2.05) is 53.4 Å². The lowest BCUT2D eigenvalue weighted by atomic mass is 10.1. The van der Waals surface area contributed by atoms with Crippen LogP contribution in [0.3, 0.4) is 0 Å². The molecule has 0 bridgehead atoms. The summed E-state index contributed by atoms with van der Waals surface area (Å²) >= 11 is 0. The fourth-order valence-corrected chi connectivity index (χ4v) is 2.34. The van der Waals surface area contributed by atoms with Gasteiger partial charge in [0.15, 0.2) is 18.9 Å². The minimum Gasteiger partial charge on any atom is -0.322 e. The number of rotatable bonds is 4. The SMILES string of the molecule is N#Cc1ccc(C(=O)Nc2cc[n+](Cc3ccccc3)cc2)cc1. The molecule has 0 aliphatic carbocycles. The molecule has 0 spiro atoms. The van der Waals surface area contributed by atoms with E-state index in [2.05, 4.69) is 17.4 Å². The summed E-state index contributed by atoms with van der Waals surface area (Å²) in [7, 11) is 0. The molecule has 1 amide bonds. The van der Waals surface area contributed by atoms with Gasteiger partial charge in [-0.15, -0.1) is 0 Å². The van der Waals surface area contributed by atoms with Gasteiger partial charge in [-0.2, -0.15) is 5.26 Å². The van der Waals surface area contributed by atoms with Crippen LogP contribution in [0.4, 0.5) is 5.69 Å². The summed E-state index contributed by atoms with van der Waals surface area (Å²) in [5.41, 5.74) is 3.01. The van der Waals surface area contributed by atoms with Crippen LogP contribution in [0.2, 0.25) is 0 Å². The van der Waals surface area contributed by atoms with Gasteiger partial charge in [-0.05, 0) is 24.3 Å². The molecule has 4 nitrogen and oxygen atoms in total. The third-order valence-corrected chi connectivity index (χ3v) is 3.63. The molecular weight excluding hydrogens is 298 g/mol. The molecule has 1 N–H and O–H groups in total. The quantitative estimate of drug-likeness (QED) is 0.752. The first-order chi connectivity index (χ1) is 11.7. The smallest absolute Gasteiger partial charge is 0.255 e. The van der Waals surface area contributed by atoms with E-state index >= 15 is 0 Å². The highest BCUT2D eigenvalue weighted by molar-refractivity contribution is 6.04. The Balaban J connectivity index is 1.65. The van der Waals surface area contributed by atoms with E-state index in [9.17, 15) is 4.79 Å². The second-order valence-corrected chi connectivity index (χ2v) is 5.39. The van der Waals surface area contributed by atoms with Crippen LogP contribution in [0.15, 0.2) is 79.1 Å². The average Bonchev–Trinajstić information content (AvgIpc) is 2.64. The van der Waals surface area contributed by atoms with Gasteiger partial charge in [0.25, 0.3) is 5.91 Å². The van der Waals surface area contributed by atoms with Gasteiger partial charge in [-0.3, -0.25) is 4.79 Å². The molecule has 0 aliphatic rings. The van der Waals surface area contributed by atoms with Crippen LogP contribution >= 0.6 is 0 Å². The van der Waals surface area contributed by atoms with Gasteiger partial charge >= 0.3 is 0 Å². The molecule has 1 heterocycles. The number of nitrogens with one attached hydrogen (secondary N) is 1. The Morgan fingerprint density at radius 2 is 1.62 bits per heavy atom. The molecule has 4 heteroatoms. The molecule has 0 atom stereocenters. The summed E-state index contributed by atoms with van der Waals surface area (Å²) in [5, 5.41) is 11.6. The third kappa shape index (κ3) is 3.84. The molecule has 2 aromatic carbocycles. The third-order valence-electron chi connectivity index (χ3n) is 3.63. The van der Waals surface area contributed by atoms with Crippen LogP contribution in [-0.2, 0) is 6.54 Å². The fraction of sp³-hybridized carbons (Fsp3) is 0.0500. The van der Waals surface area contributed by atoms with Crippen LogP contribution in [0.1, 0.15) is 21.5 Å². The topological polar surface area (TPSA) is 56.8 Å². The van der Waals surface area contributed by atoms with E-state index in [0.717, 1.165) is 12.2 Å². The lowest BCUT2D eigenvalue weighted by molar-refractivity contribution is -0.688. The molecule has 0 saturated heterocycles. The number of nitrogens with zero attached hydrogens (tertiary/aromatic N) is 2. The number of nitriles is 1. The highest BCUT2D eigenvalue weighted by atomic mass is 16.1. The Morgan fingerprint density at radius 3 is 2.25 bits per heavy atom. The molecular formula is C20H16N3O+. The van der Waals surface area contributed by atoms with Crippen molar-refractivity contribution in [3.05, 3.63) is 95.8 Å². The molecule has 0 aliphatic heterocycles. The molecule has 3 rings (SSSR count). The Kier molecular flexibility index (Phi) is 4.64. The Bertz CT molecular complexity index is 864. The van der Waals surface area contributed by atoms with Crippen molar-refractivity contribution in [1.29, 1.82) is 5.26 Å². The second-order valence-electron chi connectivity index (χ2n) is 5.39. The van der Waals surface area contributed by atoms with Crippen LogP contribution in [-0.4, -0.2) is 5.91 Å². The van der Waals surface area contributed by atoms with Crippen molar-refractivity contribution >= 4 is 11.6 Å². The predicted octanol–water partition coefficient (Wildman–Crippen LogP) is 3.15. The van der Waals surface area contributed by atoms with Crippen molar-refractivity contribution in [2.45, 2.75) is 6.54 Å². The molecule has 24 heavy (non-hydrogen) atoms. The Hall–Kier alpha value is -3.45. The molecule has 0 saturated carbocycles. The zero-order valence-corrected chi connectivity index (χ0v) is 13.0. The summed E-state index contributed by atoms with van der Waals surface area (Å²) in [4.78, 5) is 12.2. The van der Waals surface area contributed by atoms with Crippen LogP contribution < -0.4 is 9.88 Å². The van der Waals surface area contributed by atoms with E-state index < -0.39 is 0 Å². The number of carbonyl (C=O) groups is 1. The van der Waals surface area contributed by atoms with Crippen LogP contribution in [0.25, 0.3) is 0 Å². The van der Waals surface area contributed by atoms with Crippen molar-refractivity contribution in [3.8, 4) is 6.07 Å². The molecule has 0 fully saturated rings. The molecule has 116 valence electrons. The Labute approximate surface area is 140 Å². The number of aromatic nitrogens is 1. The van der Waals surface area contributed by atoms with Crippen molar-refractivity contribution in [1.82, 2.24) is 0 Å². The number of anilines is 1. The van der Waals surface area contributed by atoms with Crippen LogP contribution in [0, 0.1) is 11.3 Å². The van der Waals surface area contributed by atoms with Gasteiger partial charge in [-0.1, -0.05) is 30.3 Å². The van der Waals surface area contributed by atoms with E-state index in [1.165, 1.54) is 5.56 Å². The maximum Gasteiger partial charge on any atom is 0.255 e. The van der Waals surface area contributed by atoms with E-state index in [4.69, 9.17) is 5.26 Å². The first kappa shape index (κ1) is 15.4. The number of carbonyl (C=O) groups excluding carboxylic acids is 1. The van der Waals surface area contributed by atoms with Crippen LogP contribution in [0.5, 0.6) is 0 Å². The Morgan fingerprint density at radius 1 is 0.958 bits per heavy atom. The van der Waals surface area contributed by atoms with Gasteiger partial charge in [-0.25, -0.2) is 4.57 Å². The van der Waals surface area contributed by atoms with Crippen molar-refractivity contribution in [2.24, 2.45) is 0 Å². The standard InChI is InChI=1S/C20H15N3O/c21-14-16-6-8-18(9-7-16)20(24)22-19-10-12-23(13-11-19)15-17-4-2-1-3-5-17/h1-13H,15H2/p+1. The summed E-state index contributed by atoms with van der Waals surface area (Å²) in [5.74, 6) is -0.194. The van der Waals surface area contributed by atoms with Crippen molar-refractivity contribution < 1.29 is 9.36 Å². The summed E-state index contributed by atoms with van der Waals surface area (Å²) in [6, 6.07) is 22.5. The van der Waals surface area contributed by atoms with Crippen molar-refractivity contribution in [3.63, 3.8) is 0 Å². The largest absolute Gasteiger partial charge is 0.322 e. The minimum atomic E-state index is -0.194. The number of hydrogen-bond acceptors (Lipinski definition) is 2. The molecule has 1 aromatic heterocycles. The molecule has 3 aromatic rings. The fourth-order valence-electron chi connectivity index (χ4n) is 2.34. The van der Waals surface area contributed by atoms with Gasteiger partial charge < -0.3 is 5.32 Å². The number of amides is 1. The van der Waals surface area contributed by atoms with E-state index in [-0.39, 0.29) is 5.91 Å². The number of hydrogen-bond donors (Lipinski definition) is 1. The zero-order valence-electron chi connectivity index (χ0n) is 13.0. The molecule has 0 radical (unpaired) electrons. The summed E-state index contributed by atoms with van der Waals surface area (Å²) < 4.78 is 2.05. The predicted molar refractivity (Wildman–Crippen MR) is 91.3 cm³/mol. The molecule has 0 unspecified atom stereocenters. The van der Waals surface area contributed by atoms with Gasteiger partial charge in [0.2, 0.25) is 0 Å². The van der Waals surface area contributed by atoms with Crippen molar-refractivity contribution in [2.75, 3.05) is 5.32 Å². The normalized spacial score (nSPS) is 9.96. The lowest BCUT2D eigenvalue weighted by Gasteiger charge is -2.05. The zero-order chi connectivity index (χ0) is 16.8. The first-order valence-electron chi connectivity index (χ1n) is 7.59. The van der Waals surface area contributed by atoms with Gasteiger partial charge in [0.05, 0.1) is 17.3 Å². The number of benzene rings is 2. The van der Waals surface area contributed by atoms with Gasteiger partial charge in [0, 0.05) is 23.3 Å². The summed E-state index contributed by atoms with van der Waals surface area (Å²) in [6.45, 7) is 0.782. The minimum absolute atomic E-state index is 0.194. The van der Waals surface area contributed by atoms with E-state index in [1.54, 1.807) is 24.3 Å². The highest BCUT2D eigenvalue weighted by Crippen LogP contribution is 2.09. The highest BCUT2D eigenvalue weighted by Gasteiger charge is 2.08. The second kappa shape index (κ2) is 7.21. The number of pyridine rings is 1. The maximum absolute atomic E-state index is 12.2. The first-order valence-corrected chi connectivity index (χ1v) is 7.59. The summed E-state index contributed by atoms with van der Waals surface area (Å²) in [6.07, 6.45) is 3.86. The average molecular weight is 314 g/mol. The van der Waals surface area contributed by atoms with E-state index in [0.29, 0.717) is 11.1 Å². The lowest BCUT2D eigenvalue weighted by Crippen LogP contribution is -2.33. The monoisotopic (exact) mass is 314 g/mol.